The van der Waals surface area contributed by atoms with Crippen LogP contribution in [0.25, 0.3) is 0 Å². The van der Waals surface area contributed by atoms with E-state index in [1.165, 1.54) is 31.3 Å². The fraction of sp³-hybridized carbons (Fsp3) is 0.0667. The molecule has 0 aliphatic rings. The summed E-state index contributed by atoms with van der Waals surface area (Å²) < 4.78 is 0. The minimum absolute atomic E-state index is 0.119. The lowest BCUT2D eigenvalue weighted by atomic mass is 10.1. The van der Waals surface area contributed by atoms with Gasteiger partial charge < -0.3 is 0 Å². The third-order valence-electron chi connectivity index (χ3n) is 3.07. The van der Waals surface area contributed by atoms with E-state index >= 15 is 0 Å². The molecule has 1 N–H and O–H groups in total. The Bertz CT molecular complexity index is 807. The fourth-order valence-corrected chi connectivity index (χ4v) is 2.19. The van der Waals surface area contributed by atoms with Crippen molar-refractivity contribution < 1.29 is 9.72 Å². The van der Waals surface area contributed by atoms with Crippen molar-refractivity contribution in [3.63, 3.8) is 0 Å². The van der Waals surface area contributed by atoms with E-state index in [0.29, 0.717) is 15.6 Å². The number of hydrazone groups is 1. The van der Waals surface area contributed by atoms with Gasteiger partial charge in [-0.25, -0.2) is 5.43 Å². The fourth-order valence-electron chi connectivity index (χ4n) is 1.89. The summed E-state index contributed by atoms with van der Waals surface area (Å²) in [5, 5.41) is 15.5. The van der Waals surface area contributed by atoms with E-state index in [1.54, 1.807) is 18.2 Å². The van der Waals surface area contributed by atoms with Crippen molar-refractivity contribution in [1.29, 1.82) is 0 Å². The number of nitrogens with one attached hydrogen (secondary N) is 1. The highest BCUT2D eigenvalue weighted by atomic mass is 35.5. The number of carbonyl (C=O) groups excluding carboxylic acids is 1. The molecular formula is C15H11Cl2N3O3. The Hall–Kier alpha value is -2.44. The second kappa shape index (κ2) is 7.21. The van der Waals surface area contributed by atoms with E-state index in [1.807, 2.05) is 0 Å². The van der Waals surface area contributed by atoms with Gasteiger partial charge in [-0.2, -0.15) is 5.10 Å². The molecule has 0 unspecified atom stereocenters. The lowest BCUT2D eigenvalue weighted by molar-refractivity contribution is -0.385. The van der Waals surface area contributed by atoms with Crippen molar-refractivity contribution in [2.75, 3.05) is 0 Å². The molecule has 6 nitrogen and oxygen atoms in total. The third-order valence-corrected chi connectivity index (χ3v) is 3.81. The zero-order valence-corrected chi connectivity index (χ0v) is 13.4. The Morgan fingerprint density at radius 3 is 2.65 bits per heavy atom. The van der Waals surface area contributed by atoms with E-state index in [0.717, 1.165) is 0 Å². The summed E-state index contributed by atoms with van der Waals surface area (Å²) in [4.78, 5) is 22.4. The van der Waals surface area contributed by atoms with Crippen LogP contribution in [0.2, 0.25) is 10.0 Å². The predicted molar refractivity (Wildman–Crippen MR) is 89.4 cm³/mol. The van der Waals surface area contributed by atoms with Gasteiger partial charge in [0.05, 0.1) is 26.7 Å². The van der Waals surface area contributed by atoms with Crippen LogP contribution in [0.1, 0.15) is 21.5 Å². The third kappa shape index (κ3) is 4.06. The SMILES string of the molecule is Cc1c(C(=O)NN=Cc2ccc(Cl)c(Cl)c2)cccc1[N+](=O)[O-]. The van der Waals surface area contributed by atoms with Crippen molar-refractivity contribution >= 4 is 41.0 Å². The van der Waals surface area contributed by atoms with Gasteiger partial charge in [0.25, 0.3) is 11.6 Å². The van der Waals surface area contributed by atoms with Crippen LogP contribution < -0.4 is 5.43 Å². The Morgan fingerprint density at radius 1 is 1.26 bits per heavy atom. The maximum absolute atomic E-state index is 12.1. The average molecular weight is 352 g/mol. The zero-order valence-electron chi connectivity index (χ0n) is 11.9. The number of benzene rings is 2. The molecule has 0 saturated carbocycles. The van der Waals surface area contributed by atoms with Crippen LogP contribution in [0.3, 0.4) is 0 Å². The zero-order chi connectivity index (χ0) is 17.0. The number of carbonyl (C=O) groups is 1. The summed E-state index contributed by atoms with van der Waals surface area (Å²) in [6.07, 6.45) is 1.40. The maximum atomic E-state index is 12.1. The quantitative estimate of drug-likeness (QED) is 0.513. The molecule has 0 bridgehead atoms. The normalized spacial score (nSPS) is 10.7. The van der Waals surface area contributed by atoms with E-state index in [2.05, 4.69) is 10.5 Å². The van der Waals surface area contributed by atoms with Crippen LogP contribution in [0.5, 0.6) is 0 Å². The summed E-state index contributed by atoms with van der Waals surface area (Å²) in [6.45, 7) is 1.51. The molecule has 0 aliphatic carbocycles. The summed E-state index contributed by atoms with van der Waals surface area (Å²) in [5.74, 6) is -0.539. The summed E-state index contributed by atoms with van der Waals surface area (Å²) in [7, 11) is 0. The smallest absolute Gasteiger partial charge is 0.267 e. The van der Waals surface area contributed by atoms with Crippen LogP contribution in [0.15, 0.2) is 41.5 Å². The first-order valence-corrected chi connectivity index (χ1v) is 7.18. The second-order valence-corrected chi connectivity index (χ2v) is 5.39. The molecule has 0 heterocycles. The first-order valence-electron chi connectivity index (χ1n) is 6.42. The standard InChI is InChI=1S/C15H11Cl2N3O3/c1-9-11(3-2-4-14(9)20(22)23)15(21)19-18-8-10-5-6-12(16)13(17)7-10/h2-8H,1H3,(H,19,21). The Morgan fingerprint density at radius 2 is 2.00 bits per heavy atom. The van der Waals surface area contributed by atoms with E-state index in [9.17, 15) is 14.9 Å². The lowest BCUT2D eigenvalue weighted by Gasteiger charge is -2.04. The minimum Gasteiger partial charge on any atom is -0.267 e. The molecule has 0 aliphatic heterocycles. The molecule has 0 saturated heterocycles. The van der Waals surface area contributed by atoms with Crippen LogP contribution in [0.4, 0.5) is 5.69 Å². The Balaban J connectivity index is 2.13. The molecule has 2 aromatic rings. The number of hydrogen-bond acceptors (Lipinski definition) is 4. The molecule has 0 aromatic heterocycles. The van der Waals surface area contributed by atoms with Gasteiger partial charge in [-0.05, 0) is 30.7 Å². The van der Waals surface area contributed by atoms with Crippen LogP contribution in [-0.4, -0.2) is 17.0 Å². The number of rotatable bonds is 4. The van der Waals surface area contributed by atoms with Gasteiger partial charge >= 0.3 is 0 Å². The van der Waals surface area contributed by atoms with E-state index in [-0.39, 0.29) is 16.8 Å². The topological polar surface area (TPSA) is 84.6 Å². The molecule has 118 valence electrons. The molecule has 0 atom stereocenters. The average Bonchev–Trinajstić information content (AvgIpc) is 2.50. The summed E-state index contributed by atoms with van der Waals surface area (Å²) in [6, 6.07) is 9.17. The van der Waals surface area contributed by atoms with Crippen molar-refractivity contribution in [2.24, 2.45) is 5.10 Å². The highest BCUT2D eigenvalue weighted by molar-refractivity contribution is 6.42. The predicted octanol–water partition coefficient (Wildman–Crippen LogP) is 3.97. The minimum atomic E-state index is -0.539. The van der Waals surface area contributed by atoms with Crippen LogP contribution in [0, 0.1) is 17.0 Å². The van der Waals surface area contributed by atoms with Crippen molar-refractivity contribution in [3.8, 4) is 0 Å². The van der Waals surface area contributed by atoms with Gasteiger partial charge in [-0.3, -0.25) is 14.9 Å². The Labute approximate surface area is 141 Å². The van der Waals surface area contributed by atoms with Crippen LogP contribution >= 0.6 is 23.2 Å². The van der Waals surface area contributed by atoms with Gasteiger partial charge in [-0.1, -0.05) is 35.3 Å². The van der Waals surface area contributed by atoms with Crippen molar-refractivity contribution in [2.45, 2.75) is 6.92 Å². The molecule has 1 amide bonds. The molecule has 0 radical (unpaired) electrons. The van der Waals surface area contributed by atoms with Crippen LogP contribution in [-0.2, 0) is 0 Å². The number of nitro benzene ring substituents is 1. The molecule has 0 spiro atoms. The van der Waals surface area contributed by atoms with Gasteiger partial charge in [-0.15, -0.1) is 0 Å². The highest BCUT2D eigenvalue weighted by Gasteiger charge is 2.17. The van der Waals surface area contributed by atoms with Gasteiger partial charge in [0.2, 0.25) is 0 Å². The molecule has 23 heavy (non-hydrogen) atoms. The molecular weight excluding hydrogens is 341 g/mol. The molecule has 2 rings (SSSR count). The Kier molecular flexibility index (Phi) is 5.31. The number of nitro groups is 1. The highest BCUT2D eigenvalue weighted by Crippen LogP contribution is 2.22. The maximum Gasteiger partial charge on any atom is 0.273 e. The lowest BCUT2D eigenvalue weighted by Crippen LogP contribution is -2.19. The molecule has 8 heteroatoms. The summed E-state index contributed by atoms with van der Waals surface area (Å²) >= 11 is 11.7. The summed E-state index contributed by atoms with van der Waals surface area (Å²) in [5.41, 5.74) is 3.31. The first-order chi connectivity index (χ1) is 10.9. The number of halogens is 2. The molecule has 2 aromatic carbocycles. The molecule has 0 fully saturated rings. The number of nitrogens with zero attached hydrogens (tertiary/aromatic N) is 2. The number of hydrogen-bond donors (Lipinski definition) is 1. The van der Waals surface area contributed by atoms with E-state index < -0.39 is 10.8 Å². The van der Waals surface area contributed by atoms with Gasteiger partial charge in [0, 0.05) is 11.6 Å². The number of amides is 1. The largest absolute Gasteiger partial charge is 0.273 e. The van der Waals surface area contributed by atoms with Gasteiger partial charge in [0.15, 0.2) is 0 Å². The van der Waals surface area contributed by atoms with Crippen molar-refractivity contribution in [1.82, 2.24) is 5.43 Å². The first kappa shape index (κ1) is 16.9. The van der Waals surface area contributed by atoms with E-state index in [4.69, 9.17) is 23.2 Å². The van der Waals surface area contributed by atoms with Crippen molar-refractivity contribution in [3.05, 3.63) is 73.2 Å². The monoisotopic (exact) mass is 351 g/mol. The van der Waals surface area contributed by atoms with Gasteiger partial charge in [0.1, 0.15) is 0 Å². The second-order valence-electron chi connectivity index (χ2n) is 4.58.